The molecule has 1 fully saturated rings. The number of carbonyl (C=O) groups excluding carboxylic acids is 1. The fourth-order valence-corrected chi connectivity index (χ4v) is 2.97. The molecule has 1 heterocycles. The van der Waals surface area contributed by atoms with Crippen molar-refractivity contribution in [1.29, 1.82) is 0 Å². The molecule has 0 bridgehead atoms. The summed E-state index contributed by atoms with van der Waals surface area (Å²) in [4.78, 5) is 14.9. The lowest BCUT2D eigenvalue weighted by atomic mass is 10.0. The summed E-state index contributed by atoms with van der Waals surface area (Å²) in [6.07, 6.45) is 3.21. The summed E-state index contributed by atoms with van der Waals surface area (Å²) in [6, 6.07) is 5.57. The van der Waals surface area contributed by atoms with Crippen molar-refractivity contribution in [2.75, 3.05) is 33.4 Å². The van der Waals surface area contributed by atoms with Crippen molar-refractivity contribution in [3.05, 3.63) is 23.8 Å². The molecule has 0 radical (unpaired) electrons. The number of likely N-dealkylation sites (tertiary alicyclic amines) is 1. The Kier molecular flexibility index (Phi) is 6.71. The van der Waals surface area contributed by atoms with Crippen LogP contribution in [-0.2, 0) is 0 Å². The van der Waals surface area contributed by atoms with Gasteiger partial charge in [0, 0.05) is 24.7 Å². The molecule has 1 aliphatic rings. The standard InChI is InChI=1S/C18H28N2O3/c1-4-10-20-11-8-15(9-12-20)19-18(21)14-6-7-16(22-3)17(13-14)23-5-2/h6-7,13,15H,4-5,8-12H2,1-3H3,(H,19,21). The molecule has 5 heteroatoms. The first-order chi connectivity index (χ1) is 11.2. The van der Waals surface area contributed by atoms with Gasteiger partial charge in [0.05, 0.1) is 13.7 Å². The Balaban J connectivity index is 1.94. The predicted molar refractivity (Wildman–Crippen MR) is 91.4 cm³/mol. The van der Waals surface area contributed by atoms with E-state index in [-0.39, 0.29) is 11.9 Å². The average Bonchev–Trinajstić information content (AvgIpc) is 2.57. The van der Waals surface area contributed by atoms with Crippen molar-refractivity contribution in [2.24, 2.45) is 0 Å². The van der Waals surface area contributed by atoms with E-state index in [1.54, 1.807) is 25.3 Å². The van der Waals surface area contributed by atoms with Gasteiger partial charge in [-0.25, -0.2) is 0 Å². The van der Waals surface area contributed by atoms with Crippen LogP contribution in [0.3, 0.4) is 0 Å². The van der Waals surface area contributed by atoms with Crippen LogP contribution >= 0.6 is 0 Å². The molecule has 2 rings (SSSR count). The number of carbonyl (C=O) groups is 1. The van der Waals surface area contributed by atoms with Crippen LogP contribution in [0.2, 0.25) is 0 Å². The Morgan fingerprint density at radius 2 is 2.00 bits per heavy atom. The first-order valence-corrected chi connectivity index (χ1v) is 8.52. The molecule has 0 saturated carbocycles. The van der Waals surface area contributed by atoms with Gasteiger partial charge in [-0.3, -0.25) is 4.79 Å². The molecule has 1 aromatic rings. The van der Waals surface area contributed by atoms with Gasteiger partial charge in [-0.05, 0) is 50.9 Å². The van der Waals surface area contributed by atoms with Crippen molar-refractivity contribution >= 4 is 5.91 Å². The molecule has 5 nitrogen and oxygen atoms in total. The second-order valence-electron chi connectivity index (χ2n) is 5.89. The maximum absolute atomic E-state index is 12.5. The first-order valence-electron chi connectivity index (χ1n) is 8.52. The largest absolute Gasteiger partial charge is 0.493 e. The molecule has 1 aromatic carbocycles. The molecule has 0 aliphatic carbocycles. The minimum atomic E-state index is -0.0393. The number of rotatable bonds is 7. The van der Waals surface area contributed by atoms with E-state index < -0.39 is 0 Å². The highest BCUT2D eigenvalue weighted by Crippen LogP contribution is 2.28. The molecule has 0 aromatic heterocycles. The smallest absolute Gasteiger partial charge is 0.251 e. The lowest BCUT2D eigenvalue weighted by molar-refractivity contribution is 0.0910. The van der Waals surface area contributed by atoms with Crippen LogP contribution in [0, 0.1) is 0 Å². The van der Waals surface area contributed by atoms with E-state index in [4.69, 9.17) is 9.47 Å². The highest BCUT2D eigenvalue weighted by atomic mass is 16.5. The third kappa shape index (κ3) is 4.86. The number of nitrogens with one attached hydrogen (secondary N) is 1. The van der Waals surface area contributed by atoms with E-state index >= 15 is 0 Å². The summed E-state index contributed by atoms with van der Waals surface area (Å²) in [5, 5.41) is 3.14. The molecule has 1 amide bonds. The van der Waals surface area contributed by atoms with Crippen LogP contribution in [0.4, 0.5) is 0 Å². The monoisotopic (exact) mass is 320 g/mol. The SMILES string of the molecule is CCCN1CCC(NC(=O)c2ccc(OC)c(OCC)c2)CC1. The number of methoxy groups -OCH3 is 1. The number of benzene rings is 1. The van der Waals surface area contributed by atoms with Crippen LogP contribution in [0.1, 0.15) is 43.5 Å². The molecule has 0 unspecified atom stereocenters. The second kappa shape index (κ2) is 8.77. The van der Waals surface area contributed by atoms with Crippen LogP contribution in [0.5, 0.6) is 11.5 Å². The number of piperidine rings is 1. The maximum atomic E-state index is 12.5. The van der Waals surface area contributed by atoms with Crippen LogP contribution in [0.15, 0.2) is 18.2 Å². The Labute approximate surface area is 139 Å². The molecule has 1 aliphatic heterocycles. The Hall–Kier alpha value is -1.75. The van der Waals surface area contributed by atoms with Gasteiger partial charge >= 0.3 is 0 Å². The maximum Gasteiger partial charge on any atom is 0.251 e. The third-order valence-electron chi connectivity index (χ3n) is 4.19. The fourth-order valence-electron chi connectivity index (χ4n) is 2.97. The fraction of sp³-hybridized carbons (Fsp3) is 0.611. The van der Waals surface area contributed by atoms with Crippen molar-refractivity contribution in [3.8, 4) is 11.5 Å². The summed E-state index contributed by atoms with van der Waals surface area (Å²) < 4.78 is 10.8. The van der Waals surface area contributed by atoms with Crippen LogP contribution in [-0.4, -0.2) is 50.2 Å². The van der Waals surface area contributed by atoms with E-state index in [1.807, 2.05) is 6.92 Å². The normalized spacial score (nSPS) is 16.1. The van der Waals surface area contributed by atoms with E-state index in [0.29, 0.717) is 23.7 Å². The summed E-state index contributed by atoms with van der Waals surface area (Å²) in [7, 11) is 1.60. The zero-order valence-electron chi connectivity index (χ0n) is 14.4. The van der Waals surface area contributed by atoms with Gasteiger partial charge in [0.15, 0.2) is 11.5 Å². The van der Waals surface area contributed by atoms with Crippen molar-refractivity contribution in [3.63, 3.8) is 0 Å². The van der Waals surface area contributed by atoms with E-state index in [2.05, 4.69) is 17.1 Å². The molecule has 0 atom stereocenters. The minimum absolute atomic E-state index is 0.0393. The van der Waals surface area contributed by atoms with E-state index in [9.17, 15) is 4.79 Å². The number of ether oxygens (including phenoxy) is 2. The highest BCUT2D eigenvalue weighted by molar-refractivity contribution is 5.95. The molecular formula is C18H28N2O3. The zero-order chi connectivity index (χ0) is 16.7. The van der Waals surface area contributed by atoms with Crippen molar-refractivity contribution in [1.82, 2.24) is 10.2 Å². The van der Waals surface area contributed by atoms with Gasteiger partial charge in [0.2, 0.25) is 0 Å². The van der Waals surface area contributed by atoms with Crippen LogP contribution < -0.4 is 14.8 Å². The summed E-state index contributed by atoms with van der Waals surface area (Å²) in [5.74, 6) is 1.22. The summed E-state index contributed by atoms with van der Waals surface area (Å²) in [5.41, 5.74) is 0.616. The number of nitrogens with zero attached hydrogens (tertiary/aromatic N) is 1. The lowest BCUT2D eigenvalue weighted by Gasteiger charge is -2.32. The first kappa shape index (κ1) is 17.6. The Bertz CT molecular complexity index is 511. The molecule has 1 N–H and O–H groups in total. The van der Waals surface area contributed by atoms with E-state index in [0.717, 1.165) is 32.5 Å². The van der Waals surface area contributed by atoms with E-state index in [1.165, 1.54) is 6.42 Å². The quantitative estimate of drug-likeness (QED) is 0.839. The number of hydrogen-bond donors (Lipinski definition) is 1. The van der Waals surface area contributed by atoms with Gasteiger partial charge in [0.25, 0.3) is 5.91 Å². The molecular weight excluding hydrogens is 292 g/mol. The Morgan fingerprint density at radius 3 is 2.61 bits per heavy atom. The summed E-state index contributed by atoms with van der Waals surface area (Å²) in [6.45, 7) is 7.93. The molecule has 23 heavy (non-hydrogen) atoms. The van der Waals surface area contributed by atoms with Crippen molar-refractivity contribution in [2.45, 2.75) is 39.2 Å². The third-order valence-corrected chi connectivity index (χ3v) is 4.19. The highest BCUT2D eigenvalue weighted by Gasteiger charge is 2.21. The lowest BCUT2D eigenvalue weighted by Crippen LogP contribution is -2.44. The van der Waals surface area contributed by atoms with Gasteiger partial charge in [-0.1, -0.05) is 6.92 Å². The molecule has 128 valence electrons. The number of hydrogen-bond acceptors (Lipinski definition) is 4. The average molecular weight is 320 g/mol. The van der Waals surface area contributed by atoms with Gasteiger partial charge in [0.1, 0.15) is 0 Å². The van der Waals surface area contributed by atoms with Gasteiger partial charge in [-0.2, -0.15) is 0 Å². The van der Waals surface area contributed by atoms with Crippen molar-refractivity contribution < 1.29 is 14.3 Å². The summed E-state index contributed by atoms with van der Waals surface area (Å²) >= 11 is 0. The topological polar surface area (TPSA) is 50.8 Å². The van der Waals surface area contributed by atoms with Gasteiger partial charge < -0.3 is 19.7 Å². The minimum Gasteiger partial charge on any atom is -0.493 e. The van der Waals surface area contributed by atoms with Gasteiger partial charge in [-0.15, -0.1) is 0 Å². The number of amides is 1. The molecule has 1 saturated heterocycles. The zero-order valence-corrected chi connectivity index (χ0v) is 14.4. The Morgan fingerprint density at radius 1 is 1.26 bits per heavy atom. The molecule has 0 spiro atoms. The van der Waals surface area contributed by atoms with Crippen LogP contribution in [0.25, 0.3) is 0 Å². The predicted octanol–water partition coefficient (Wildman–Crippen LogP) is 2.70. The second-order valence-corrected chi connectivity index (χ2v) is 5.89.